The standard InChI is InChI=1S/C16H28N2O2/c1-2-10-17-16(19)18(13-15-9-6-11-20-15)12-14-7-4-3-5-8-14/h3-4,14-15H,2,5-13H2,1H3,(H,17,19)/t14-,15-/m0/s1. The number of nitrogens with zero attached hydrogens (tertiary/aromatic N) is 1. The molecule has 1 aliphatic heterocycles. The van der Waals surface area contributed by atoms with E-state index in [2.05, 4.69) is 24.4 Å². The molecule has 0 bridgehead atoms. The number of urea groups is 1. The molecule has 0 radical (unpaired) electrons. The molecule has 2 amide bonds. The lowest BCUT2D eigenvalue weighted by molar-refractivity contribution is 0.0765. The van der Waals surface area contributed by atoms with Crippen LogP contribution in [0.3, 0.4) is 0 Å². The molecule has 4 heteroatoms. The molecule has 0 saturated carbocycles. The minimum absolute atomic E-state index is 0.0805. The molecular weight excluding hydrogens is 252 g/mol. The number of hydrogen-bond donors (Lipinski definition) is 1. The second-order valence-corrected chi connectivity index (χ2v) is 5.92. The zero-order valence-corrected chi connectivity index (χ0v) is 12.6. The molecule has 4 nitrogen and oxygen atoms in total. The Kier molecular flexibility index (Phi) is 6.37. The van der Waals surface area contributed by atoms with Crippen molar-refractivity contribution in [3.05, 3.63) is 12.2 Å². The molecule has 1 heterocycles. The van der Waals surface area contributed by atoms with Gasteiger partial charge in [0, 0.05) is 26.2 Å². The van der Waals surface area contributed by atoms with Gasteiger partial charge in [-0.2, -0.15) is 0 Å². The molecule has 2 aliphatic rings. The minimum Gasteiger partial charge on any atom is -0.376 e. The third kappa shape index (κ3) is 4.82. The molecule has 114 valence electrons. The highest BCUT2D eigenvalue weighted by Crippen LogP contribution is 2.21. The number of ether oxygens (including phenoxy) is 1. The van der Waals surface area contributed by atoms with Crippen molar-refractivity contribution in [1.82, 2.24) is 10.2 Å². The lowest BCUT2D eigenvalue weighted by atomic mass is 9.94. The average Bonchev–Trinajstić information content (AvgIpc) is 2.98. The molecule has 1 N–H and O–H groups in total. The predicted molar refractivity (Wildman–Crippen MR) is 80.7 cm³/mol. The predicted octanol–water partition coefficient (Wildman–Crippen LogP) is 2.94. The quantitative estimate of drug-likeness (QED) is 0.760. The van der Waals surface area contributed by atoms with Gasteiger partial charge in [0.15, 0.2) is 0 Å². The smallest absolute Gasteiger partial charge is 0.317 e. The van der Waals surface area contributed by atoms with Crippen LogP contribution in [0.4, 0.5) is 4.79 Å². The summed E-state index contributed by atoms with van der Waals surface area (Å²) >= 11 is 0. The summed E-state index contributed by atoms with van der Waals surface area (Å²) in [5.41, 5.74) is 0. The monoisotopic (exact) mass is 280 g/mol. The van der Waals surface area contributed by atoms with Gasteiger partial charge in [0.2, 0.25) is 0 Å². The Balaban J connectivity index is 1.87. The van der Waals surface area contributed by atoms with Gasteiger partial charge in [0.1, 0.15) is 0 Å². The maximum atomic E-state index is 12.3. The average molecular weight is 280 g/mol. The van der Waals surface area contributed by atoms with Crippen molar-refractivity contribution in [1.29, 1.82) is 0 Å². The van der Waals surface area contributed by atoms with Gasteiger partial charge in [0.25, 0.3) is 0 Å². The lowest BCUT2D eigenvalue weighted by Crippen LogP contribution is -2.46. The number of hydrogen-bond acceptors (Lipinski definition) is 2. The second kappa shape index (κ2) is 8.30. The highest BCUT2D eigenvalue weighted by molar-refractivity contribution is 5.74. The van der Waals surface area contributed by atoms with Crippen molar-refractivity contribution in [2.45, 2.75) is 51.6 Å². The highest BCUT2D eigenvalue weighted by atomic mass is 16.5. The van der Waals surface area contributed by atoms with Gasteiger partial charge in [-0.3, -0.25) is 0 Å². The molecule has 0 aromatic carbocycles. The normalized spacial score (nSPS) is 25.6. The van der Waals surface area contributed by atoms with Crippen molar-refractivity contribution in [3.63, 3.8) is 0 Å². The van der Waals surface area contributed by atoms with E-state index in [1.54, 1.807) is 0 Å². The van der Waals surface area contributed by atoms with Crippen molar-refractivity contribution < 1.29 is 9.53 Å². The molecule has 0 unspecified atom stereocenters. The maximum Gasteiger partial charge on any atom is 0.317 e. The Labute approximate surface area is 122 Å². The topological polar surface area (TPSA) is 41.6 Å². The summed E-state index contributed by atoms with van der Waals surface area (Å²) in [4.78, 5) is 14.3. The molecule has 2 rings (SSSR count). The van der Waals surface area contributed by atoms with Crippen LogP contribution in [-0.2, 0) is 4.74 Å². The number of allylic oxidation sites excluding steroid dienone is 2. The van der Waals surface area contributed by atoms with E-state index in [-0.39, 0.29) is 12.1 Å². The molecule has 0 spiro atoms. The van der Waals surface area contributed by atoms with Gasteiger partial charge in [-0.25, -0.2) is 4.79 Å². The zero-order chi connectivity index (χ0) is 14.2. The molecule has 2 atom stereocenters. The molecule has 0 aromatic rings. The van der Waals surface area contributed by atoms with E-state index in [1.807, 2.05) is 4.90 Å². The summed E-state index contributed by atoms with van der Waals surface area (Å²) in [5, 5.41) is 3.01. The van der Waals surface area contributed by atoms with Crippen LogP contribution in [0.5, 0.6) is 0 Å². The Hall–Kier alpha value is -1.03. The van der Waals surface area contributed by atoms with Crippen LogP contribution in [0.15, 0.2) is 12.2 Å². The lowest BCUT2D eigenvalue weighted by Gasteiger charge is -2.30. The van der Waals surface area contributed by atoms with Gasteiger partial charge in [-0.1, -0.05) is 19.1 Å². The van der Waals surface area contributed by atoms with Gasteiger partial charge >= 0.3 is 6.03 Å². The summed E-state index contributed by atoms with van der Waals surface area (Å²) in [5.74, 6) is 0.605. The molecular formula is C16H28N2O2. The van der Waals surface area contributed by atoms with Crippen LogP contribution in [0.1, 0.15) is 45.4 Å². The number of rotatable bonds is 6. The van der Waals surface area contributed by atoms with E-state index in [9.17, 15) is 4.79 Å². The van der Waals surface area contributed by atoms with Crippen molar-refractivity contribution in [3.8, 4) is 0 Å². The Morgan fingerprint density at radius 1 is 1.35 bits per heavy atom. The third-order valence-corrected chi connectivity index (χ3v) is 4.12. The fraction of sp³-hybridized carbons (Fsp3) is 0.812. The number of carbonyl (C=O) groups excluding carboxylic acids is 1. The third-order valence-electron chi connectivity index (χ3n) is 4.12. The fourth-order valence-electron chi connectivity index (χ4n) is 2.95. The highest BCUT2D eigenvalue weighted by Gasteiger charge is 2.24. The molecule has 1 aliphatic carbocycles. The van der Waals surface area contributed by atoms with Gasteiger partial charge < -0.3 is 15.0 Å². The van der Waals surface area contributed by atoms with E-state index in [0.29, 0.717) is 5.92 Å². The van der Waals surface area contributed by atoms with Crippen LogP contribution in [0, 0.1) is 5.92 Å². The Morgan fingerprint density at radius 2 is 2.25 bits per heavy atom. The summed E-state index contributed by atoms with van der Waals surface area (Å²) in [6.45, 7) is 5.29. The van der Waals surface area contributed by atoms with E-state index in [0.717, 1.165) is 58.3 Å². The molecule has 1 saturated heterocycles. The number of nitrogens with one attached hydrogen (secondary N) is 1. The molecule has 0 aromatic heterocycles. The first-order valence-electron chi connectivity index (χ1n) is 8.09. The van der Waals surface area contributed by atoms with Gasteiger partial charge in [-0.05, 0) is 44.4 Å². The molecule has 20 heavy (non-hydrogen) atoms. The second-order valence-electron chi connectivity index (χ2n) is 5.92. The first kappa shape index (κ1) is 15.4. The summed E-state index contributed by atoms with van der Waals surface area (Å²) in [6.07, 6.45) is 11.4. The largest absolute Gasteiger partial charge is 0.376 e. The Morgan fingerprint density at radius 3 is 2.90 bits per heavy atom. The van der Waals surface area contributed by atoms with Crippen molar-refractivity contribution >= 4 is 6.03 Å². The van der Waals surface area contributed by atoms with Crippen LogP contribution in [0.2, 0.25) is 0 Å². The van der Waals surface area contributed by atoms with Crippen molar-refractivity contribution in [2.75, 3.05) is 26.2 Å². The zero-order valence-electron chi connectivity index (χ0n) is 12.6. The van der Waals surface area contributed by atoms with E-state index in [1.165, 1.54) is 6.42 Å². The number of amides is 2. The maximum absolute atomic E-state index is 12.3. The summed E-state index contributed by atoms with van der Waals surface area (Å²) in [7, 11) is 0. The van der Waals surface area contributed by atoms with Crippen molar-refractivity contribution in [2.24, 2.45) is 5.92 Å². The van der Waals surface area contributed by atoms with E-state index >= 15 is 0 Å². The number of carbonyl (C=O) groups is 1. The Bertz CT molecular complexity index is 324. The summed E-state index contributed by atoms with van der Waals surface area (Å²) in [6, 6.07) is 0.0805. The van der Waals surface area contributed by atoms with Gasteiger partial charge in [-0.15, -0.1) is 0 Å². The van der Waals surface area contributed by atoms with E-state index < -0.39 is 0 Å². The first-order chi connectivity index (χ1) is 9.79. The van der Waals surface area contributed by atoms with Crippen LogP contribution < -0.4 is 5.32 Å². The van der Waals surface area contributed by atoms with Crippen LogP contribution in [0.25, 0.3) is 0 Å². The van der Waals surface area contributed by atoms with Crippen LogP contribution >= 0.6 is 0 Å². The minimum atomic E-state index is 0.0805. The molecule has 1 fully saturated rings. The van der Waals surface area contributed by atoms with Crippen LogP contribution in [-0.4, -0.2) is 43.3 Å². The SMILES string of the molecule is CCCNC(=O)N(C[C@H]1CC=CCC1)C[C@@H]1CCCO1. The fourth-order valence-corrected chi connectivity index (χ4v) is 2.95. The van der Waals surface area contributed by atoms with Gasteiger partial charge in [0.05, 0.1) is 6.10 Å². The first-order valence-corrected chi connectivity index (χ1v) is 8.09. The summed E-state index contributed by atoms with van der Waals surface area (Å²) < 4.78 is 5.69. The van der Waals surface area contributed by atoms with E-state index in [4.69, 9.17) is 4.74 Å².